The third-order valence-electron chi connectivity index (χ3n) is 3.13. The van der Waals surface area contributed by atoms with E-state index in [0.717, 1.165) is 16.3 Å². The van der Waals surface area contributed by atoms with E-state index in [1.165, 1.54) is 17.2 Å². The first-order valence-corrected chi connectivity index (χ1v) is 8.80. The van der Waals surface area contributed by atoms with Crippen molar-refractivity contribution in [2.45, 2.75) is 34.6 Å². The van der Waals surface area contributed by atoms with Gasteiger partial charge >= 0.3 is 0 Å². The SMILES string of the molecule is CC.COc1cccc(C(C)=O)c1.Cc1ccc2sc(C)nc2c1. The van der Waals surface area contributed by atoms with Crippen molar-refractivity contribution in [3.63, 3.8) is 0 Å². The fourth-order valence-electron chi connectivity index (χ4n) is 1.99. The molecule has 0 fully saturated rings. The number of carbonyl (C=O) groups excluding carboxylic acids is 1. The van der Waals surface area contributed by atoms with Crippen LogP contribution < -0.4 is 4.74 Å². The van der Waals surface area contributed by atoms with Gasteiger partial charge in [-0.05, 0) is 50.6 Å². The minimum absolute atomic E-state index is 0.0592. The van der Waals surface area contributed by atoms with Crippen LogP contribution in [-0.4, -0.2) is 17.9 Å². The van der Waals surface area contributed by atoms with Crippen molar-refractivity contribution in [3.8, 4) is 5.75 Å². The second kappa shape index (κ2) is 9.83. The fourth-order valence-corrected chi connectivity index (χ4v) is 2.80. The van der Waals surface area contributed by atoms with Crippen molar-refractivity contribution in [3.05, 3.63) is 58.6 Å². The number of benzene rings is 2. The molecule has 128 valence electrons. The van der Waals surface area contributed by atoms with Crippen LogP contribution in [0.15, 0.2) is 42.5 Å². The largest absolute Gasteiger partial charge is 0.497 e. The second-order valence-corrected chi connectivity index (χ2v) is 6.23. The Labute approximate surface area is 148 Å². The monoisotopic (exact) mass is 343 g/mol. The Hall–Kier alpha value is -2.20. The van der Waals surface area contributed by atoms with Gasteiger partial charge in [0.05, 0.1) is 22.3 Å². The zero-order valence-electron chi connectivity index (χ0n) is 15.2. The summed E-state index contributed by atoms with van der Waals surface area (Å²) >= 11 is 1.75. The van der Waals surface area contributed by atoms with E-state index in [1.54, 1.807) is 36.6 Å². The van der Waals surface area contributed by atoms with Gasteiger partial charge in [-0.15, -0.1) is 11.3 Å². The number of aryl methyl sites for hydroxylation is 2. The van der Waals surface area contributed by atoms with Crippen molar-refractivity contribution in [2.24, 2.45) is 0 Å². The van der Waals surface area contributed by atoms with E-state index in [9.17, 15) is 4.79 Å². The third kappa shape index (κ3) is 5.78. The molecule has 1 heterocycles. The van der Waals surface area contributed by atoms with Crippen molar-refractivity contribution < 1.29 is 9.53 Å². The number of aromatic nitrogens is 1. The minimum atomic E-state index is 0.0592. The zero-order chi connectivity index (χ0) is 18.1. The van der Waals surface area contributed by atoms with Crippen LogP contribution in [0.3, 0.4) is 0 Å². The highest BCUT2D eigenvalue weighted by molar-refractivity contribution is 7.18. The molecule has 0 atom stereocenters. The number of ether oxygens (including phenoxy) is 1. The number of Topliss-reactive ketones (excluding diaryl/α,β-unsaturated/α-hetero) is 1. The van der Waals surface area contributed by atoms with E-state index >= 15 is 0 Å². The van der Waals surface area contributed by atoms with Gasteiger partial charge in [0.15, 0.2) is 5.78 Å². The summed E-state index contributed by atoms with van der Waals surface area (Å²) in [4.78, 5) is 15.3. The van der Waals surface area contributed by atoms with Crippen LogP contribution in [-0.2, 0) is 0 Å². The standard InChI is InChI=1S/C9H9NS.C9H10O2.C2H6/c1-6-3-4-9-8(5-6)10-7(2)11-9;1-7(10)8-4-3-5-9(6-8)11-2;1-2/h3-5H,1-2H3;3-6H,1-2H3;1-2H3. The number of ketones is 1. The quantitative estimate of drug-likeness (QED) is 0.549. The van der Waals surface area contributed by atoms with Crippen LogP contribution in [0, 0.1) is 13.8 Å². The highest BCUT2D eigenvalue weighted by Crippen LogP contribution is 2.21. The first-order valence-electron chi connectivity index (χ1n) is 7.98. The Morgan fingerprint density at radius 3 is 2.42 bits per heavy atom. The number of hydrogen-bond acceptors (Lipinski definition) is 4. The summed E-state index contributed by atoms with van der Waals surface area (Å²) in [5.41, 5.74) is 3.10. The zero-order valence-corrected chi connectivity index (χ0v) is 16.0. The Morgan fingerprint density at radius 2 is 1.79 bits per heavy atom. The lowest BCUT2D eigenvalue weighted by atomic mass is 10.1. The van der Waals surface area contributed by atoms with Crippen LogP contribution in [0.1, 0.15) is 41.7 Å². The maximum absolute atomic E-state index is 10.9. The van der Waals surface area contributed by atoms with Crippen molar-refractivity contribution >= 4 is 27.3 Å². The highest BCUT2D eigenvalue weighted by atomic mass is 32.1. The number of nitrogens with zero attached hydrogens (tertiary/aromatic N) is 1. The topological polar surface area (TPSA) is 39.2 Å². The normalized spacial score (nSPS) is 9.42. The number of methoxy groups -OCH3 is 1. The van der Waals surface area contributed by atoms with Gasteiger partial charge in [-0.25, -0.2) is 4.98 Å². The molecule has 0 aliphatic heterocycles. The van der Waals surface area contributed by atoms with Gasteiger partial charge in [-0.1, -0.05) is 32.0 Å². The van der Waals surface area contributed by atoms with Crippen molar-refractivity contribution in [1.29, 1.82) is 0 Å². The molecule has 0 spiro atoms. The van der Waals surface area contributed by atoms with E-state index in [-0.39, 0.29) is 5.78 Å². The molecule has 3 rings (SSSR count). The minimum Gasteiger partial charge on any atom is -0.497 e. The fraction of sp³-hybridized carbons (Fsp3) is 0.300. The lowest BCUT2D eigenvalue weighted by Gasteiger charge is -1.99. The van der Waals surface area contributed by atoms with Crippen LogP contribution in [0.2, 0.25) is 0 Å². The number of hydrogen-bond donors (Lipinski definition) is 0. The third-order valence-corrected chi connectivity index (χ3v) is 4.08. The second-order valence-electron chi connectivity index (χ2n) is 4.99. The van der Waals surface area contributed by atoms with Gasteiger partial charge in [0, 0.05) is 5.56 Å². The smallest absolute Gasteiger partial charge is 0.159 e. The summed E-state index contributed by atoms with van der Waals surface area (Å²) < 4.78 is 6.24. The summed E-state index contributed by atoms with van der Waals surface area (Å²) in [5, 5.41) is 1.14. The van der Waals surface area contributed by atoms with Crippen molar-refractivity contribution in [2.75, 3.05) is 7.11 Å². The van der Waals surface area contributed by atoms with Crippen molar-refractivity contribution in [1.82, 2.24) is 4.98 Å². The lowest BCUT2D eigenvalue weighted by Crippen LogP contribution is -1.92. The summed E-state index contributed by atoms with van der Waals surface area (Å²) in [6.45, 7) is 9.67. The number of fused-ring (bicyclic) bond motifs is 1. The molecule has 4 heteroatoms. The molecule has 3 nitrogen and oxygen atoms in total. The van der Waals surface area contributed by atoms with Crippen LogP contribution >= 0.6 is 11.3 Å². The first-order chi connectivity index (χ1) is 11.5. The number of rotatable bonds is 2. The van der Waals surface area contributed by atoms with E-state index in [1.807, 2.05) is 26.8 Å². The molecule has 0 radical (unpaired) electrons. The molecule has 0 N–H and O–H groups in total. The lowest BCUT2D eigenvalue weighted by molar-refractivity contribution is 0.101. The molecule has 0 saturated carbocycles. The van der Waals surface area contributed by atoms with E-state index in [4.69, 9.17) is 4.74 Å². The predicted molar refractivity (Wildman–Crippen MR) is 103 cm³/mol. The molecule has 0 aliphatic carbocycles. The summed E-state index contributed by atoms with van der Waals surface area (Å²) in [7, 11) is 1.58. The maximum atomic E-state index is 10.9. The Bertz CT molecular complexity index is 793. The average Bonchev–Trinajstić information content (AvgIpc) is 2.96. The van der Waals surface area contributed by atoms with Gasteiger partial charge < -0.3 is 4.74 Å². The highest BCUT2D eigenvalue weighted by Gasteiger charge is 1.99. The summed E-state index contributed by atoms with van der Waals surface area (Å²) in [5.74, 6) is 0.779. The molecule has 1 aromatic heterocycles. The summed E-state index contributed by atoms with van der Waals surface area (Å²) in [6.07, 6.45) is 0. The molecule has 3 aromatic rings. The van der Waals surface area contributed by atoms with Crippen LogP contribution in [0.5, 0.6) is 5.75 Å². The molecule has 2 aromatic carbocycles. The van der Waals surface area contributed by atoms with Crippen LogP contribution in [0.25, 0.3) is 10.2 Å². The van der Waals surface area contributed by atoms with E-state index in [0.29, 0.717) is 5.56 Å². The molecule has 0 saturated heterocycles. The number of thiazole rings is 1. The molecular weight excluding hydrogens is 318 g/mol. The maximum Gasteiger partial charge on any atom is 0.159 e. The average molecular weight is 343 g/mol. The molecule has 24 heavy (non-hydrogen) atoms. The predicted octanol–water partition coefficient (Wildman–Crippen LogP) is 5.84. The van der Waals surface area contributed by atoms with E-state index in [2.05, 4.69) is 30.1 Å². The van der Waals surface area contributed by atoms with Gasteiger partial charge in [-0.3, -0.25) is 4.79 Å². The van der Waals surface area contributed by atoms with Crippen LogP contribution in [0.4, 0.5) is 0 Å². The molecule has 0 aliphatic rings. The molecule has 0 bridgehead atoms. The molecule has 0 amide bonds. The molecular formula is C20H25NO2S. The van der Waals surface area contributed by atoms with Gasteiger partial charge in [-0.2, -0.15) is 0 Å². The van der Waals surface area contributed by atoms with Gasteiger partial charge in [0.25, 0.3) is 0 Å². The molecule has 0 unspecified atom stereocenters. The van der Waals surface area contributed by atoms with Gasteiger partial charge in [0.1, 0.15) is 5.75 Å². The first kappa shape index (κ1) is 19.8. The summed E-state index contributed by atoms with van der Waals surface area (Å²) in [6, 6.07) is 13.5. The van der Waals surface area contributed by atoms with E-state index < -0.39 is 0 Å². The van der Waals surface area contributed by atoms with Gasteiger partial charge in [0.2, 0.25) is 0 Å². The Morgan fingerprint density at radius 1 is 1.08 bits per heavy atom. The Kier molecular flexibility index (Phi) is 8.13. The Balaban J connectivity index is 0.000000218. The number of carbonyl (C=O) groups is 1.